The van der Waals surface area contributed by atoms with Crippen molar-refractivity contribution in [1.29, 1.82) is 0 Å². The first-order valence-electron chi connectivity index (χ1n) is 6.10. The zero-order valence-electron chi connectivity index (χ0n) is 10.1. The molecule has 19 heavy (non-hydrogen) atoms. The number of halogens is 2. The van der Waals surface area contributed by atoms with E-state index in [1.165, 1.54) is 16.2 Å². The number of fused-ring (bicyclic) bond motifs is 1. The quantitative estimate of drug-likeness (QED) is 0.554. The van der Waals surface area contributed by atoms with Crippen molar-refractivity contribution in [2.24, 2.45) is 0 Å². The Kier molecular flexibility index (Phi) is 3.54. The zero-order chi connectivity index (χ0) is 13.2. The van der Waals surface area contributed by atoms with Crippen LogP contribution in [0, 0.1) is 5.82 Å². The molecular formula is C16H12ClFS. The molecule has 0 spiro atoms. The fourth-order valence-corrected chi connectivity index (χ4v) is 3.52. The Bertz CT molecular complexity index is 672. The Morgan fingerprint density at radius 3 is 2.58 bits per heavy atom. The number of benzene rings is 2. The van der Waals surface area contributed by atoms with Crippen molar-refractivity contribution in [2.75, 3.05) is 0 Å². The highest BCUT2D eigenvalue weighted by atomic mass is 35.5. The van der Waals surface area contributed by atoms with E-state index in [9.17, 15) is 4.39 Å². The van der Waals surface area contributed by atoms with Crippen molar-refractivity contribution in [2.45, 2.75) is 11.8 Å². The zero-order valence-corrected chi connectivity index (χ0v) is 11.7. The van der Waals surface area contributed by atoms with Crippen LogP contribution in [0.5, 0.6) is 0 Å². The minimum Gasteiger partial charge on any atom is -0.207 e. The molecule has 3 heteroatoms. The Morgan fingerprint density at radius 2 is 1.79 bits per heavy atom. The molecule has 2 aromatic carbocycles. The second kappa shape index (κ2) is 5.32. The molecule has 0 fully saturated rings. The van der Waals surface area contributed by atoms with Crippen molar-refractivity contribution in [3.63, 3.8) is 0 Å². The Labute approximate surface area is 120 Å². The van der Waals surface area contributed by atoms with E-state index in [0.717, 1.165) is 4.88 Å². The van der Waals surface area contributed by atoms with Gasteiger partial charge in [-0.25, -0.2) is 4.39 Å². The molecule has 0 aliphatic heterocycles. The van der Waals surface area contributed by atoms with Gasteiger partial charge < -0.3 is 0 Å². The van der Waals surface area contributed by atoms with Crippen LogP contribution in [0.15, 0.2) is 54.6 Å². The predicted octanol–water partition coefficient (Wildman–Crippen LogP) is 5.56. The molecule has 1 unspecified atom stereocenters. The summed E-state index contributed by atoms with van der Waals surface area (Å²) in [6, 6.07) is 17.1. The second-order valence-corrected chi connectivity index (χ2v) is 6.09. The van der Waals surface area contributed by atoms with Crippen LogP contribution in [0.2, 0.25) is 0 Å². The van der Waals surface area contributed by atoms with E-state index in [-0.39, 0.29) is 11.2 Å². The van der Waals surface area contributed by atoms with Crippen LogP contribution < -0.4 is 0 Å². The van der Waals surface area contributed by atoms with Crippen LogP contribution >= 0.6 is 22.9 Å². The summed E-state index contributed by atoms with van der Waals surface area (Å²) in [4.78, 5) is 1.09. The topological polar surface area (TPSA) is 0 Å². The minimum atomic E-state index is -0.186. The van der Waals surface area contributed by atoms with Gasteiger partial charge >= 0.3 is 0 Å². The highest BCUT2D eigenvalue weighted by molar-refractivity contribution is 7.19. The lowest BCUT2D eigenvalue weighted by Crippen LogP contribution is -1.96. The molecular weight excluding hydrogens is 279 g/mol. The fourth-order valence-electron chi connectivity index (χ4n) is 2.11. The monoisotopic (exact) mass is 290 g/mol. The van der Waals surface area contributed by atoms with Gasteiger partial charge in [0.05, 0.1) is 5.38 Å². The summed E-state index contributed by atoms with van der Waals surface area (Å²) in [5.74, 6) is -0.186. The number of hydrogen-bond donors (Lipinski definition) is 0. The summed E-state index contributed by atoms with van der Waals surface area (Å²) in [7, 11) is 0. The third kappa shape index (κ3) is 2.65. The third-order valence-corrected chi connectivity index (χ3v) is 4.86. The molecule has 1 heterocycles. The van der Waals surface area contributed by atoms with Gasteiger partial charge in [-0.15, -0.1) is 22.9 Å². The van der Waals surface area contributed by atoms with Crippen molar-refractivity contribution < 1.29 is 4.39 Å². The average Bonchev–Trinajstić information content (AvgIpc) is 2.85. The maximum absolute atomic E-state index is 13.6. The maximum atomic E-state index is 13.6. The van der Waals surface area contributed by atoms with Gasteiger partial charge in [0.25, 0.3) is 0 Å². The minimum absolute atomic E-state index is 0.186. The molecule has 0 amide bonds. The summed E-state index contributed by atoms with van der Waals surface area (Å²) >= 11 is 8.10. The van der Waals surface area contributed by atoms with Gasteiger partial charge in [-0.1, -0.05) is 36.4 Å². The van der Waals surface area contributed by atoms with Gasteiger partial charge in [-0.2, -0.15) is 0 Å². The number of alkyl halides is 1. The van der Waals surface area contributed by atoms with E-state index in [1.807, 2.05) is 18.2 Å². The normalized spacial score (nSPS) is 12.7. The molecule has 0 radical (unpaired) electrons. The molecule has 0 saturated heterocycles. The smallest absolute Gasteiger partial charge is 0.126 e. The lowest BCUT2D eigenvalue weighted by molar-refractivity contribution is 0.608. The molecule has 3 aromatic rings. The first-order chi connectivity index (χ1) is 9.24. The molecule has 0 saturated carbocycles. The molecule has 0 aliphatic carbocycles. The van der Waals surface area contributed by atoms with Crippen molar-refractivity contribution >= 4 is 33.0 Å². The summed E-state index contributed by atoms with van der Waals surface area (Å²) in [5, 5.41) is 1.01. The molecule has 3 rings (SSSR count). The van der Waals surface area contributed by atoms with E-state index in [0.29, 0.717) is 12.0 Å². The third-order valence-electron chi connectivity index (χ3n) is 3.11. The van der Waals surface area contributed by atoms with Crippen molar-refractivity contribution in [3.8, 4) is 0 Å². The SMILES string of the molecule is Fc1ccccc1CC(Cl)c1cc2ccccc2s1. The highest BCUT2D eigenvalue weighted by Crippen LogP contribution is 2.35. The van der Waals surface area contributed by atoms with Gasteiger partial charge in [-0.3, -0.25) is 0 Å². The molecule has 0 N–H and O–H groups in total. The maximum Gasteiger partial charge on any atom is 0.126 e. The summed E-state index contributed by atoms with van der Waals surface area (Å²) < 4.78 is 14.8. The lowest BCUT2D eigenvalue weighted by Gasteiger charge is -2.07. The van der Waals surface area contributed by atoms with Gasteiger partial charge in [0.1, 0.15) is 5.82 Å². The summed E-state index contributed by atoms with van der Waals surface area (Å²) in [6.45, 7) is 0. The van der Waals surface area contributed by atoms with E-state index in [1.54, 1.807) is 23.5 Å². The Hall–Kier alpha value is -1.38. The van der Waals surface area contributed by atoms with Crippen LogP contribution in [0.4, 0.5) is 4.39 Å². The highest BCUT2D eigenvalue weighted by Gasteiger charge is 2.14. The van der Waals surface area contributed by atoms with Crippen molar-refractivity contribution in [3.05, 3.63) is 70.9 Å². The van der Waals surface area contributed by atoms with Crippen molar-refractivity contribution in [1.82, 2.24) is 0 Å². The van der Waals surface area contributed by atoms with E-state index >= 15 is 0 Å². The molecule has 1 atom stereocenters. The Morgan fingerprint density at radius 1 is 1.05 bits per heavy atom. The molecule has 0 bridgehead atoms. The van der Waals surface area contributed by atoms with E-state index in [4.69, 9.17) is 11.6 Å². The molecule has 0 aliphatic rings. The number of rotatable bonds is 3. The molecule has 96 valence electrons. The number of hydrogen-bond acceptors (Lipinski definition) is 1. The first kappa shape index (κ1) is 12.6. The van der Waals surface area contributed by atoms with Crippen LogP contribution in [-0.2, 0) is 6.42 Å². The molecule has 0 nitrogen and oxygen atoms in total. The van der Waals surface area contributed by atoms with E-state index < -0.39 is 0 Å². The fraction of sp³-hybridized carbons (Fsp3) is 0.125. The van der Waals surface area contributed by atoms with Gasteiger partial charge in [-0.05, 0) is 35.6 Å². The van der Waals surface area contributed by atoms with Crippen LogP contribution in [-0.4, -0.2) is 0 Å². The van der Waals surface area contributed by atoms with E-state index in [2.05, 4.69) is 18.2 Å². The van der Waals surface area contributed by atoms with Crippen LogP contribution in [0.25, 0.3) is 10.1 Å². The Balaban J connectivity index is 1.87. The number of thiophene rings is 1. The molecule has 1 aromatic heterocycles. The second-order valence-electron chi connectivity index (χ2n) is 4.45. The lowest BCUT2D eigenvalue weighted by atomic mass is 10.1. The van der Waals surface area contributed by atoms with Crippen LogP contribution in [0.3, 0.4) is 0 Å². The predicted molar refractivity (Wildman–Crippen MR) is 80.5 cm³/mol. The van der Waals surface area contributed by atoms with Crippen LogP contribution in [0.1, 0.15) is 15.8 Å². The first-order valence-corrected chi connectivity index (χ1v) is 7.35. The standard InChI is InChI=1S/C16H12ClFS/c17-13(9-11-5-1-3-7-14(11)18)16-10-12-6-2-4-8-15(12)19-16/h1-8,10,13H,9H2. The summed E-state index contributed by atoms with van der Waals surface area (Å²) in [5.41, 5.74) is 0.667. The van der Waals surface area contributed by atoms with Gasteiger partial charge in [0.15, 0.2) is 0 Å². The largest absolute Gasteiger partial charge is 0.207 e. The average molecular weight is 291 g/mol. The van der Waals surface area contributed by atoms with Gasteiger partial charge in [0, 0.05) is 9.58 Å². The van der Waals surface area contributed by atoms with Gasteiger partial charge in [0.2, 0.25) is 0 Å². The summed E-state index contributed by atoms with van der Waals surface area (Å²) in [6.07, 6.45) is 0.515.